The molecule has 0 aromatic carbocycles. The molecule has 0 atom stereocenters. The van der Waals surface area contributed by atoms with Crippen molar-refractivity contribution in [3.05, 3.63) is 16.0 Å². The topological polar surface area (TPSA) is 72.2 Å². The number of carbonyl (C=O) groups excluding carboxylic acids is 2. The number of carbonyl (C=O) groups is 2. The molecule has 0 radical (unpaired) electrons. The highest BCUT2D eigenvalue weighted by Crippen LogP contribution is 2.37. The number of hydrogen-bond acceptors (Lipinski definition) is 3. The molecule has 0 saturated heterocycles. The second kappa shape index (κ2) is 7.59. The molecule has 3 N–H and O–H groups in total. The van der Waals surface area contributed by atoms with Crippen molar-refractivity contribution in [2.45, 2.75) is 64.7 Å². The highest BCUT2D eigenvalue weighted by atomic mass is 32.1. The van der Waals surface area contributed by atoms with E-state index in [0.29, 0.717) is 17.0 Å². The fourth-order valence-electron chi connectivity index (χ4n) is 2.82. The molecule has 0 spiro atoms. The third kappa shape index (κ3) is 4.06. The third-order valence-electron chi connectivity index (χ3n) is 3.93. The lowest BCUT2D eigenvalue weighted by molar-refractivity contribution is -0.116. The molecule has 0 fully saturated rings. The molecule has 1 aliphatic rings. The second-order valence-electron chi connectivity index (χ2n) is 5.64. The molecule has 1 aromatic rings. The van der Waals surface area contributed by atoms with Crippen LogP contribution in [0.4, 0.5) is 5.00 Å². The third-order valence-corrected chi connectivity index (χ3v) is 5.14. The Morgan fingerprint density at radius 2 is 1.95 bits per heavy atom. The van der Waals surface area contributed by atoms with Crippen LogP contribution in [-0.4, -0.2) is 11.8 Å². The maximum Gasteiger partial charge on any atom is 0.251 e. The number of hydrogen-bond donors (Lipinski definition) is 2. The summed E-state index contributed by atoms with van der Waals surface area (Å²) in [6.45, 7) is 2.15. The van der Waals surface area contributed by atoms with Crippen LogP contribution in [-0.2, 0) is 17.6 Å². The van der Waals surface area contributed by atoms with E-state index < -0.39 is 5.91 Å². The Kier molecular flexibility index (Phi) is 5.79. The summed E-state index contributed by atoms with van der Waals surface area (Å²) in [6.07, 6.45) is 8.94. The van der Waals surface area contributed by atoms with Crippen LogP contribution in [0.5, 0.6) is 0 Å². The van der Waals surface area contributed by atoms with Gasteiger partial charge in [-0.3, -0.25) is 9.59 Å². The number of anilines is 1. The standard InChI is InChI=1S/C16H24N2O2S/c1-2-3-4-5-10-13(19)18-16-14(15(17)20)11-8-6-7-9-12(11)21-16/h2-10H2,1H3,(H2,17,20)(H,18,19). The zero-order chi connectivity index (χ0) is 15.2. The number of nitrogens with two attached hydrogens (primary N) is 1. The summed E-state index contributed by atoms with van der Waals surface area (Å²) in [5, 5.41) is 3.57. The lowest BCUT2D eigenvalue weighted by atomic mass is 9.95. The fourth-order valence-corrected chi connectivity index (χ4v) is 4.13. The van der Waals surface area contributed by atoms with Gasteiger partial charge in [-0.2, -0.15) is 0 Å². The molecule has 1 aliphatic carbocycles. The summed E-state index contributed by atoms with van der Waals surface area (Å²) in [5.74, 6) is -0.428. The number of nitrogens with one attached hydrogen (secondary N) is 1. The highest BCUT2D eigenvalue weighted by molar-refractivity contribution is 7.17. The van der Waals surface area contributed by atoms with Gasteiger partial charge in [0.1, 0.15) is 5.00 Å². The van der Waals surface area contributed by atoms with Gasteiger partial charge in [0.25, 0.3) is 5.91 Å². The van der Waals surface area contributed by atoms with E-state index in [-0.39, 0.29) is 5.91 Å². The molecule has 0 unspecified atom stereocenters. The summed E-state index contributed by atoms with van der Waals surface area (Å²) in [7, 11) is 0. The van der Waals surface area contributed by atoms with Crippen LogP contribution >= 0.6 is 11.3 Å². The van der Waals surface area contributed by atoms with Gasteiger partial charge in [0.2, 0.25) is 5.91 Å². The van der Waals surface area contributed by atoms with Crippen molar-refractivity contribution >= 4 is 28.2 Å². The van der Waals surface area contributed by atoms with Crippen LogP contribution in [0.3, 0.4) is 0 Å². The lowest BCUT2D eigenvalue weighted by Crippen LogP contribution is -2.18. The lowest BCUT2D eigenvalue weighted by Gasteiger charge is -2.11. The predicted molar refractivity (Wildman–Crippen MR) is 86.9 cm³/mol. The average Bonchev–Trinajstić information content (AvgIpc) is 2.81. The van der Waals surface area contributed by atoms with Crippen molar-refractivity contribution in [2.24, 2.45) is 5.73 Å². The van der Waals surface area contributed by atoms with Gasteiger partial charge in [0, 0.05) is 11.3 Å². The Balaban J connectivity index is 2.04. The van der Waals surface area contributed by atoms with Gasteiger partial charge in [0.05, 0.1) is 5.56 Å². The van der Waals surface area contributed by atoms with Crippen LogP contribution in [0.1, 0.15) is 72.7 Å². The van der Waals surface area contributed by atoms with Gasteiger partial charge in [-0.15, -0.1) is 11.3 Å². The zero-order valence-electron chi connectivity index (χ0n) is 12.7. The monoisotopic (exact) mass is 308 g/mol. The number of aryl methyl sites for hydroxylation is 1. The Morgan fingerprint density at radius 1 is 1.19 bits per heavy atom. The summed E-state index contributed by atoms with van der Waals surface area (Å²) in [6, 6.07) is 0. The van der Waals surface area contributed by atoms with E-state index in [1.807, 2.05) is 0 Å². The highest BCUT2D eigenvalue weighted by Gasteiger charge is 2.24. The van der Waals surface area contributed by atoms with Crippen molar-refractivity contribution in [3.8, 4) is 0 Å². The minimum Gasteiger partial charge on any atom is -0.365 e. The SMILES string of the molecule is CCCCCCC(=O)Nc1sc2c(c1C(N)=O)CCCC2. The summed E-state index contributed by atoms with van der Waals surface area (Å²) >= 11 is 1.53. The minimum absolute atomic E-state index is 0.00722. The summed E-state index contributed by atoms with van der Waals surface area (Å²) < 4.78 is 0. The number of amides is 2. The van der Waals surface area contributed by atoms with Gasteiger partial charge < -0.3 is 11.1 Å². The van der Waals surface area contributed by atoms with Crippen LogP contribution < -0.4 is 11.1 Å². The minimum atomic E-state index is -0.421. The Bertz CT molecular complexity index is 523. The smallest absolute Gasteiger partial charge is 0.251 e. The molecule has 1 aromatic heterocycles. The molecule has 0 saturated carbocycles. The van der Waals surface area contributed by atoms with Crippen molar-refractivity contribution in [2.75, 3.05) is 5.32 Å². The average molecular weight is 308 g/mol. The molecule has 1 heterocycles. The summed E-state index contributed by atoms with van der Waals surface area (Å²) in [5.41, 5.74) is 7.14. The van der Waals surface area contributed by atoms with Crippen LogP contribution in [0.15, 0.2) is 0 Å². The first-order valence-electron chi connectivity index (χ1n) is 7.87. The Labute approximate surface area is 130 Å². The molecule has 2 rings (SSSR count). The van der Waals surface area contributed by atoms with E-state index in [4.69, 9.17) is 5.73 Å². The first kappa shape index (κ1) is 16.0. The van der Waals surface area contributed by atoms with Crippen LogP contribution in [0, 0.1) is 0 Å². The predicted octanol–water partition coefficient (Wildman–Crippen LogP) is 3.63. The second-order valence-corrected chi connectivity index (χ2v) is 6.74. The molecule has 116 valence electrons. The molecule has 5 heteroatoms. The van der Waals surface area contributed by atoms with Gasteiger partial charge in [-0.25, -0.2) is 0 Å². The molecule has 2 amide bonds. The molecule has 4 nitrogen and oxygen atoms in total. The van der Waals surface area contributed by atoms with E-state index in [2.05, 4.69) is 12.2 Å². The number of fused-ring (bicyclic) bond motifs is 1. The van der Waals surface area contributed by atoms with Crippen LogP contribution in [0.2, 0.25) is 0 Å². The molecule has 0 aliphatic heterocycles. The number of thiophene rings is 1. The molecule has 0 bridgehead atoms. The van der Waals surface area contributed by atoms with Crippen molar-refractivity contribution < 1.29 is 9.59 Å². The van der Waals surface area contributed by atoms with Gasteiger partial charge in [0.15, 0.2) is 0 Å². The van der Waals surface area contributed by atoms with Gasteiger partial charge in [-0.1, -0.05) is 26.2 Å². The van der Waals surface area contributed by atoms with Crippen molar-refractivity contribution in [1.82, 2.24) is 0 Å². The van der Waals surface area contributed by atoms with E-state index in [1.54, 1.807) is 0 Å². The molecule has 21 heavy (non-hydrogen) atoms. The first-order valence-corrected chi connectivity index (χ1v) is 8.69. The fraction of sp³-hybridized carbons (Fsp3) is 0.625. The quantitative estimate of drug-likeness (QED) is 0.755. The number of rotatable bonds is 7. The van der Waals surface area contributed by atoms with E-state index in [0.717, 1.165) is 56.9 Å². The maximum absolute atomic E-state index is 12.0. The first-order chi connectivity index (χ1) is 10.1. The van der Waals surface area contributed by atoms with E-state index in [9.17, 15) is 9.59 Å². The number of unbranched alkanes of at least 4 members (excludes halogenated alkanes) is 3. The largest absolute Gasteiger partial charge is 0.365 e. The van der Waals surface area contributed by atoms with Crippen molar-refractivity contribution in [3.63, 3.8) is 0 Å². The van der Waals surface area contributed by atoms with Gasteiger partial charge >= 0.3 is 0 Å². The van der Waals surface area contributed by atoms with E-state index in [1.165, 1.54) is 16.2 Å². The molecular weight excluding hydrogens is 284 g/mol. The Morgan fingerprint density at radius 3 is 2.67 bits per heavy atom. The number of primary amides is 1. The maximum atomic E-state index is 12.0. The van der Waals surface area contributed by atoms with Gasteiger partial charge in [-0.05, 0) is 37.7 Å². The molecular formula is C16H24N2O2S. The van der Waals surface area contributed by atoms with E-state index >= 15 is 0 Å². The Hall–Kier alpha value is -1.36. The zero-order valence-corrected chi connectivity index (χ0v) is 13.5. The normalized spacial score (nSPS) is 13.8. The van der Waals surface area contributed by atoms with Crippen LogP contribution in [0.25, 0.3) is 0 Å². The summed E-state index contributed by atoms with van der Waals surface area (Å²) in [4.78, 5) is 24.9. The van der Waals surface area contributed by atoms with Crippen molar-refractivity contribution in [1.29, 1.82) is 0 Å².